The lowest BCUT2D eigenvalue weighted by Gasteiger charge is -2.28. The maximum atomic E-state index is 12.2. The number of carbonyl (C=O) groups is 1. The molecule has 1 fully saturated rings. The molecule has 0 aliphatic heterocycles. The molecule has 1 saturated carbocycles. The molecule has 4 heteroatoms. The predicted molar refractivity (Wildman–Crippen MR) is 71.9 cm³/mol. The van der Waals surface area contributed by atoms with Gasteiger partial charge in [-0.2, -0.15) is 0 Å². The fourth-order valence-corrected chi connectivity index (χ4v) is 2.41. The summed E-state index contributed by atoms with van der Waals surface area (Å²) < 4.78 is 5.53. The zero-order valence-electron chi connectivity index (χ0n) is 10.8. The van der Waals surface area contributed by atoms with Gasteiger partial charge in [0, 0.05) is 5.39 Å². The molecule has 0 bridgehead atoms. The molecule has 100 valence electrons. The molecular weight excluding hydrogens is 242 g/mol. The van der Waals surface area contributed by atoms with Crippen LogP contribution < -0.4 is 5.32 Å². The van der Waals surface area contributed by atoms with Gasteiger partial charge in [-0.25, -0.2) is 0 Å². The number of hydrogen-bond donors (Lipinski definition) is 2. The molecule has 1 aromatic carbocycles. The third-order valence-electron chi connectivity index (χ3n) is 3.86. The first-order valence-electron chi connectivity index (χ1n) is 6.54. The molecule has 1 atom stereocenters. The van der Waals surface area contributed by atoms with Crippen LogP contribution in [0.25, 0.3) is 11.0 Å². The second-order valence-electron chi connectivity index (χ2n) is 5.45. The molecule has 0 radical (unpaired) electrons. The van der Waals surface area contributed by atoms with Gasteiger partial charge in [0.2, 0.25) is 0 Å². The highest BCUT2D eigenvalue weighted by molar-refractivity contribution is 5.96. The lowest BCUT2D eigenvalue weighted by Crippen LogP contribution is -2.50. The Bertz CT molecular complexity index is 582. The Morgan fingerprint density at radius 3 is 2.84 bits per heavy atom. The number of para-hydroxylation sites is 1. The van der Waals surface area contributed by atoms with Crippen molar-refractivity contribution in [2.24, 2.45) is 5.92 Å². The Morgan fingerprint density at radius 2 is 2.21 bits per heavy atom. The number of aliphatic hydroxyl groups is 1. The minimum absolute atomic E-state index is 0.0519. The van der Waals surface area contributed by atoms with Gasteiger partial charge in [-0.3, -0.25) is 4.79 Å². The summed E-state index contributed by atoms with van der Waals surface area (Å²) in [4.78, 5) is 12.2. The molecule has 1 amide bonds. The van der Waals surface area contributed by atoms with Gasteiger partial charge in [-0.05, 0) is 37.8 Å². The third kappa shape index (κ3) is 2.24. The highest BCUT2D eigenvalue weighted by Gasteiger charge is 2.42. The molecule has 0 spiro atoms. The van der Waals surface area contributed by atoms with Crippen LogP contribution in [-0.2, 0) is 0 Å². The molecular formula is C15H17NO3. The van der Waals surface area contributed by atoms with E-state index >= 15 is 0 Å². The molecule has 19 heavy (non-hydrogen) atoms. The Balaban J connectivity index is 1.83. The number of fused-ring (bicyclic) bond motifs is 1. The Morgan fingerprint density at radius 1 is 1.47 bits per heavy atom. The van der Waals surface area contributed by atoms with Crippen LogP contribution in [0.15, 0.2) is 34.7 Å². The molecule has 1 aliphatic rings. The van der Waals surface area contributed by atoms with Gasteiger partial charge in [-0.1, -0.05) is 18.2 Å². The monoisotopic (exact) mass is 259 g/mol. The summed E-state index contributed by atoms with van der Waals surface area (Å²) >= 11 is 0. The van der Waals surface area contributed by atoms with Crippen molar-refractivity contribution in [1.29, 1.82) is 0 Å². The standard InChI is InChI=1S/C15H17NO3/c1-15(9-17,11-6-7-11)16-14(18)13-8-10-4-2-3-5-12(10)19-13/h2-5,8,11,17H,6-7,9H2,1H3,(H,16,18). The molecule has 2 aromatic rings. The number of hydrogen-bond acceptors (Lipinski definition) is 3. The third-order valence-corrected chi connectivity index (χ3v) is 3.86. The van der Waals surface area contributed by atoms with Crippen molar-refractivity contribution >= 4 is 16.9 Å². The van der Waals surface area contributed by atoms with Gasteiger partial charge in [0.15, 0.2) is 5.76 Å². The Kier molecular flexibility index (Phi) is 2.82. The number of amides is 1. The van der Waals surface area contributed by atoms with Crippen molar-refractivity contribution in [3.8, 4) is 0 Å². The fraction of sp³-hybridized carbons (Fsp3) is 0.400. The topological polar surface area (TPSA) is 62.5 Å². The maximum absolute atomic E-state index is 12.2. The molecule has 1 unspecified atom stereocenters. The van der Waals surface area contributed by atoms with Gasteiger partial charge in [0.25, 0.3) is 5.91 Å². The van der Waals surface area contributed by atoms with E-state index in [0.29, 0.717) is 17.3 Å². The minimum Gasteiger partial charge on any atom is -0.451 e. The van der Waals surface area contributed by atoms with Crippen molar-refractivity contribution in [3.05, 3.63) is 36.1 Å². The van der Waals surface area contributed by atoms with E-state index in [-0.39, 0.29) is 12.5 Å². The second kappa shape index (κ2) is 4.38. The van der Waals surface area contributed by atoms with Gasteiger partial charge in [0.05, 0.1) is 12.1 Å². The second-order valence-corrected chi connectivity index (χ2v) is 5.45. The number of furan rings is 1. The van der Waals surface area contributed by atoms with Crippen LogP contribution in [0.3, 0.4) is 0 Å². The van der Waals surface area contributed by atoms with Crippen molar-refractivity contribution < 1.29 is 14.3 Å². The molecule has 1 aliphatic carbocycles. The van der Waals surface area contributed by atoms with E-state index in [1.807, 2.05) is 31.2 Å². The van der Waals surface area contributed by atoms with Gasteiger partial charge in [-0.15, -0.1) is 0 Å². The maximum Gasteiger partial charge on any atom is 0.287 e. The largest absolute Gasteiger partial charge is 0.451 e. The molecule has 3 rings (SSSR count). The summed E-state index contributed by atoms with van der Waals surface area (Å²) in [6.45, 7) is 1.83. The van der Waals surface area contributed by atoms with E-state index in [9.17, 15) is 9.90 Å². The zero-order chi connectivity index (χ0) is 13.5. The molecule has 1 aromatic heterocycles. The SMILES string of the molecule is CC(CO)(NC(=O)c1cc2ccccc2o1)C1CC1. The summed E-state index contributed by atoms with van der Waals surface area (Å²) in [6, 6.07) is 9.24. The average Bonchev–Trinajstić information content (AvgIpc) is 3.18. The zero-order valence-corrected chi connectivity index (χ0v) is 10.8. The van der Waals surface area contributed by atoms with E-state index in [1.165, 1.54) is 0 Å². The van der Waals surface area contributed by atoms with Gasteiger partial charge >= 0.3 is 0 Å². The van der Waals surface area contributed by atoms with E-state index in [2.05, 4.69) is 5.32 Å². The van der Waals surface area contributed by atoms with Crippen LogP contribution in [0.1, 0.15) is 30.3 Å². The number of benzene rings is 1. The molecule has 2 N–H and O–H groups in total. The van der Waals surface area contributed by atoms with Crippen LogP contribution in [-0.4, -0.2) is 23.2 Å². The summed E-state index contributed by atoms with van der Waals surface area (Å²) in [6.07, 6.45) is 2.11. The van der Waals surface area contributed by atoms with E-state index in [0.717, 1.165) is 18.2 Å². The fourth-order valence-electron chi connectivity index (χ4n) is 2.41. The summed E-state index contributed by atoms with van der Waals surface area (Å²) in [5.41, 5.74) is 0.153. The summed E-state index contributed by atoms with van der Waals surface area (Å²) in [5, 5.41) is 13.3. The Labute approximate surface area is 111 Å². The first kappa shape index (κ1) is 12.2. The molecule has 4 nitrogen and oxygen atoms in total. The summed E-state index contributed by atoms with van der Waals surface area (Å²) in [7, 11) is 0. The van der Waals surface area contributed by atoms with E-state index < -0.39 is 5.54 Å². The first-order chi connectivity index (χ1) is 9.12. The van der Waals surface area contributed by atoms with Crippen LogP contribution >= 0.6 is 0 Å². The number of nitrogens with one attached hydrogen (secondary N) is 1. The van der Waals surface area contributed by atoms with Crippen molar-refractivity contribution in [3.63, 3.8) is 0 Å². The lowest BCUT2D eigenvalue weighted by atomic mass is 9.97. The van der Waals surface area contributed by atoms with Crippen LogP contribution in [0, 0.1) is 5.92 Å². The minimum atomic E-state index is -0.546. The van der Waals surface area contributed by atoms with Crippen molar-refractivity contribution in [2.75, 3.05) is 6.61 Å². The summed E-state index contributed by atoms with van der Waals surface area (Å²) in [5.74, 6) is 0.395. The molecule has 0 saturated heterocycles. The van der Waals surface area contributed by atoms with Crippen LogP contribution in [0.4, 0.5) is 0 Å². The van der Waals surface area contributed by atoms with Crippen molar-refractivity contribution in [2.45, 2.75) is 25.3 Å². The predicted octanol–water partition coefficient (Wildman–Crippen LogP) is 2.32. The first-order valence-corrected chi connectivity index (χ1v) is 6.54. The number of aliphatic hydroxyl groups excluding tert-OH is 1. The highest BCUT2D eigenvalue weighted by Crippen LogP contribution is 2.39. The highest BCUT2D eigenvalue weighted by atomic mass is 16.3. The number of rotatable bonds is 4. The van der Waals surface area contributed by atoms with Gasteiger partial charge in [0.1, 0.15) is 5.58 Å². The van der Waals surface area contributed by atoms with E-state index in [4.69, 9.17) is 4.42 Å². The van der Waals surface area contributed by atoms with Crippen LogP contribution in [0.2, 0.25) is 0 Å². The van der Waals surface area contributed by atoms with E-state index in [1.54, 1.807) is 6.07 Å². The lowest BCUT2D eigenvalue weighted by molar-refractivity contribution is 0.0799. The quantitative estimate of drug-likeness (QED) is 0.885. The van der Waals surface area contributed by atoms with Crippen LogP contribution in [0.5, 0.6) is 0 Å². The normalized spacial score (nSPS) is 18.2. The smallest absolute Gasteiger partial charge is 0.287 e. The number of carbonyl (C=O) groups excluding carboxylic acids is 1. The average molecular weight is 259 g/mol. The molecule has 1 heterocycles. The Hall–Kier alpha value is -1.81. The van der Waals surface area contributed by atoms with Crippen molar-refractivity contribution in [1.82, 2.24) is 5.32 Å². The van der Waals surface area contributed by atoms with Gasteiger partial charge < -0.3 is 14.8 Å².